The van der Waals surface area contributed by atoms with Gasteiger partial charge in [-0.05, 0) is 73.7 Å². The molecule has 1 aliphatic rings. The molecule has 1 unspecified atom stereocenters. The van der Waals surface area contributed by atoms with Gasteiger partial charge in [-0.2, -0.15) is 0 Å². The van der Waals surface area contributed by atoms with Gasteiger partial charge in [-0.25, -0.2) is 0 Å². The smallest absolute Gasteiger partial charge is 0.119 e. The zero-order valence-corrected chi connectivity index (χ0v) is 18.0. The third-order valence-corrected chi connectivity index (χ3v) is 6.81. The van der Waals surface area contributed by atoms with E-state index < -0.39 is 0 Å². The first-order valence-electron chi connectivity index (χ1n) is 11.2. The molecule has 0 saturated carbocycles. The lowest BCUT2D eigenvalue weighted by Gasteiger charge is -2.16. The van der Waals surface area contributed by atoms with E-state index in [4.69, 9.17) is 0 Å². The van der Waals surface area contributed by atoms with E-state index in [9.17, 15) is 5.11 Å². The molecule has 1 heteroatoms. The van der Waals surface area contributed by atoms with Gasteiger partial charge in [-0.3, -0.25) is 0 Å². The van der Waals surface area contributed by atoms with Crippen molar-refractivity contribution < 1.29 is 5.11 Å². The number of rotatable bonds is 4. The van der Waals surface area contributed by atoms with Crippen molar-refractivity contribution in [2.45, 2.75) is 19.3 Å². The monoisotopic (exact) mass is 412 g/mol. The predicted octanol–water partition coefficient (Wildman–Crippen LogP) is 8.21. The summed E-state index contributed by atoms with van der Waals surface area (Å²) in [6.45, 7) is 2.18. The standard InChI is InChI=1S/C31H24O/c1-20(18-21-8-3-2-4-9-21)23-15-14-22(19-30(23)32)24-16-17-29-26-11-6-5-10-25(26)28-13-7-12-27(24)31(28)29/h2-17,19-20,32H,18H2,1H3. The van der Waals surface area contributed by atoms with Crippen LogP contribution < -0.4 is 0 Å². The number of benzene rings is 5. The van der Waals surface area contributed by atoms with Crippen LogP contribution >= 0.6 is 0 Å². The van der Waals surface area contributed by atoms with Crippen LogP contribution in [-0.2, 0) is 6.42 Å². The first kappa shape index (κ1) is 18.9. The molecule has 154 valence electrons. The molecule has 32 heavy (non-hydrogen) atoms. The lowest BCUT2D eigenvalue weighted by atomic mass is 9.90. The van der Waals surface area contributed by atoms with Crippen LogP contribution in [0.15, 0.2) is 103 Å². The quantitative estimate of drug-likeness (QED) is 0.309. The van der Waals surface area contributed by atoms with Crippen molar-refractivity contribution in [3.05, 3.63) is 114 Å². The Morgan fingerprint density at radius 2 is 1.28 bits per heavy atom. The van der Waals surface area contributed by atoms with Gasteiger partial charge in [0.25, 0.3) is 0 Å². The van der Waals surface area contributed by atoms with Crippen molar-refractivity contribution >= 4 is 10.8 Å². The maximum Gasteiger partial charge on any atom is 0.119 e. The van der Waals surface area contributed by atoms with Gasteiger partial charge >= 0.3 is 0 Å². The fraction of sp³-hybridized carbons (Fsp3) is 0.0968. The van der Waals surface area contributed by atoms with E-state index in [2.05, 4.69) is 97.9 Å². The van der Waals surface area contributed by atoms with Gasteiger partial charge in [-0.1, -0.05) is 104 Å². The summed E-state index contributed by atoms with van der Waals surface area (Å²) in [7, 11) is 0. The summed E-state index contributed by atoms with van der Waals surface area (Å²) in [5.41, 5.74) is 9.70. The summed E-state index contributed by atoms with van der Waals surface area (Å²) in [4.78, 5) is 0. The average molecular weight is 413 g/mol. The molecule has 1 N–H and O–H groups in total. The summed E-state index contributed by atoms with van der Waals surface area (Å²) in [5, 5.41) is 13.5. The van der Waals surface area contributed by atoms with Gasteiger partial charge < -0.3 is 5.11 Å². The van der Waals surface area contributed by atoms with E-state index in [0.29, 0.717) is 5.75 Å². The normalized spacial score (nSPS) is 12.7. The molecule has 0 amide bonds. The van der Waals surface area contributed by atoms with Gasteiger partial charge in [0, 0.05) is 0 Å². The fourth-order valence-corrected chi connectivity index (χ4v) is 5.27. The summed E-state index contributed by atoms with van der Waals surface area (Å²) in [5.74, 6) is 0.617. The Labute approximate surface area is 188 Å². The lowest BCUT2D eigenvalue weighted by Crippen LogP contribution is -1.99. The van der Waals surface area contributed by atoms with Crippen LogP contribution in [0.1, 0.15) is 24.0 Å². The van der Waals surface area contributed by atoms with Crippen molar-refractivity contribution in [3.63, 3.8) is 0 Å². The molecular formula is C31H24O. The molecular weight excluding hydrogens is 388 g/mol. The van der Waals surface area contributed by atoms with Crippen LogP contribution in [0.3, 0.4) is 0 Å². The Kier molecular flexibility index (Phi) is 4.36. The number of aromatic hydroxyl groups is 1. The number of hydrogen-bond donors (Lipinski definition) is 1. The van der Waals surface area contributed by atoms with Crippen molar-refractivity contribution in [1.29, 1.82) is 0 Å². The Morgan fingerprint density at radius 3 is 2.03 bits per heavy atom. The van der Waals surface area contributed by atoms with Gasteiger partial charge in [-0.15, -0.1) is 0 Å². The number of phenols is 1. The average Bonchev–Trinajstić information content (AvgIpc) is 3.15. The Hall–Kier alpha value is -3.84. The summed E-state index contributed by atoms with van der Waals surface area (Å²) in [6.07, 6.45) is 0.910. The van der Waals surface area contributed by atoms with Crippen LogP contribution in [0, 0.1) is 0 Å². The first-order chi connectivity index (χ1) is 15.7. The van der Waals surface area contributed by atoms with Crippen LogP contribution in [0.2, 0.25) is 0 Å². The minimum absolute atomic E-state index is 0.244. The molecule has 5 aromatic rings. The van der Waals surface area contributed by atoms with E-state index in [-0.39, 0.29) is 5.92 Å². The van der Waals surface area contributed by atoms with Crippen LogP contribution in [0.5, 0.6) is 5.75 Å². The van der Waals surface area contributed by atoms with E-state index in [1.165, 1.54) is 38.6 Å². The van der Waals surface area contributed by atoms with Crippen molar-refractivity contribution in [2.75, 3.05) is 0 Å². The highest BCUT2D eigenvalue weighted by Crippen LogP contribution is 2.49. The highest BCUT2D eigenvalue weighted by atomic mass is 16.3. The SMILES string of the molecule is CC(Cc1ccccc1)c1ccc(-c2ccc3c4c(cccc24)-c2ccccc2-3)cc1O. The molecule has 1 nitrogen and oxygen atoms in total. The Morgan fingerprint density at radius 1 is 0.625 bits per heavy atom. The summed E-state index contributed by atoms with van der Waals surface area (Å²) in [6, 6.07) is 36.3. The molecule has 5 aromatic carbocycles. The summed E-state index contributed by atoms with van der Waals surface area (Å²) >= 11 is 0. The topological polar surface area (TPSA) is 20.2 Å². The van der Waals surface area contributed by atoms with E-state index in [1.807, 2.05) is 12.1 Å². The zero-order valence-electron chi connectivity index (χ0n) is 18.0. The first-order valence-corrected chi connectivity index (χ1v) is 11.2. The van der Waals surface area contributed by atoms with E-state index >= 15 is 0 Å². The second-order valence-corrected chi connectivity index (χ2v) is 8.80. The highest BCUT2D eigenvalue weighted by molar-refractivity contribution is 6.18. The second-order valence-electron chi connectivity index (χ2n) is 8.80. The maximum absolute atomic E-state index is 10.9. The third-order valence-electron chi connectivity index (χ3n) is 6.81. The second kappa shape index (κ2) is 7.39. The van der Waals surface area contributed by atoms with Gasteiger partial charge in [0.2, 0.25) is 0 Å². The van der Waals surface area contributed by atoms with Gasteiger partial charge in [0.15, 0.2) is 0 Å². The molecule has 6 rings (SSSR count). The van der Waals surface area contributed by atoms with Gasteiger partial charge in [0.05, 0.1) is 0 Å². The lowest BCUT2D eigenvalue weighted by molar-refractivity contribution is 0.463. The van der Waals surface area contributed by atoms with Crippen LogP contribution in [-0.4, -0.2) is 5.11 Å². The number of hydrogen-bond acceptors (Lipinski definition) is 1. The molecule has 1 atom stereocenters. The number of phenolic OH excluding ortho intramolecular Hbond substituents is 1. The van der Waals surface area contributed by atoms with Gasteiger partial charge in [0.1, 0.15) is 5.75 Å². The fourth-order valence-electron chi connectivity index (χ4n) is 5.27. The minimum Gasteiger partial charge on any atom is -0.508 e. The van der Waals surface area contributed by atoms with E-state index in [1.54, 1.807) is 0 Å². The highest BCUT2D eigenvalue weighted by Gasteiger charge is 2.22. The van der Waals surface area contributed by atoms with Crippen molar-refractivity contribution in [3.8, 4) is 39.1 Å². The molecule has 0 heterocycles. The molecule has 0 saturated heterocycles. The summed E-state index contributed by atoms with van der Waals surface area (Å²) < 4.78 is 0. The predicted molar refractivity (Wildman–Crippen MR) is 134 cm³/mol. The minimum atomic E-state index is 0.244. The van der Waals surface area contributed by atoms with Crippen molar-refractivity contribution in [2.24, 2.45) is 0 Å². The Bertz CT molecular complexity index is 1430. The molecule has 0 aliphatic heterocycles. The molecule has 0 aromatic heterocycles. The van der Waals surface area contributed by atoms with Crippen LogP contribution in [0.4, 0.5) is 0 Å². The molecule has 0 spiro atoms. The molecule has 0 fully saturated rings. The maximum atomic E-state index is 10.9. The largest absolute Gasteiger partial charge is 0.508 e. The third kappa shape index (κ3) is 2.93. The van der Waals surface area contributed by atoms with Crippen LogP contribution in [0.25, 0.3) is 44.2 Å². The Balaban J connectivity index is 1.42. The molecule has 0 bridgehead atoms. The number of fused-ring (bicyclic) bond motifs is 3. The van der Waals surface area contributed by atoms with E-state index in [0.717, 1.165) is 23.1 Å². The van der Waals surface area contributed by atoms with Crippen molar-refractivity contribution in [1.82, 2.24) is 0 Å². The zero-order chi connectivity index (χ0) is 21.7. The molecule has 0 radical (unpaired) electrons. The molecule has 1 aliphatic carbocycles.